The molecule has 0 aliphatic heterocycles. The first kappa shape index (κ1) is 19.9. The van der Waals surface area contributed by atoms with Crippen molar-refractivity contribution in [2.24, 2.45) is 0 Å². The molecule has 0 radical (unpaired) electrons. The van der Waals surface area contributed by atoms with Crippen molar-refractivity contribution in [1.29, 1.82) is 0 Å². The summed E-state index contributed by atoms with van der Waals surface area (Å²) in [6.45, 7) is 6.16. The summed E-state index contributed by atoms with van der Waals surface area (Å²) in [7, 11) is 0. The zero-order chi connectivity index (χ0) is 20.8. The number of anilines is 1. The Kier molecular flexibility index (Phi) is 6.23. The molecule has 0 saturated heterocycles. The molecule has 0 fully saturated rings. The molecular weight excluding hydrogens is 374 g/mol. The maximum atomic E-state index is 6.24. The number of nitrogens with zero attached hydrogens (tertiary/aromatic N) is 4. The van der Waals surface area contributed by atoms with Crippen molar-refractivity contribution in [3.63, 3.8) is 0 Å². The number of nitrogens with one attached hydrogen (secondary N) is 1. The van der Waals surface area contributed by atoms with E-state index in [1.54, 1.807) is 0 Å². The fraction of sp³-hybridized carbons (Fsp3) is 0.292. The van der Waals surface area contributed by atoms with Gasteiger partial charge < -0.3 is 10.1 Å². The van der Waals surface area contributed by atoms with E-state index in [1.807, 2.05) is 10.7 Å². The smallest absolute Gasteiger partial charge is 0.243 e. The lowest BCUT2D eigenvalue weighted by Gasteiger charge is -2.15. The first-order chi connectivity index (χ1) is 14.7. The minimum absolute atomic E-state index is 0.528. The number of aromatic nitrogens is 4. The molecule has 6 heteroatoms. The lowest BCUT2D eigenvalue weighted by Crippen LogP contribution is -2.10. The van der Waals surface area contributed by atoms with E-state index >= 15 is 0 Å². The Morgan fingerprint density at radius 3 is 2.67 bits per heavy atom. The SMILES string of the molecule is CCCCn1nnnc1NCc1c(OCc2ccc(C)cc2)ccc2ccccc12. The first-order valence-electron chi connectivity index (χ1n) is 10.4. The molecule has 154 valence electrons. The first-order valence-corrected chi connectivity index (χ1v) is 10.4. The van der Waals surface area contributed by atoms with Gasteiger partial charge in [0, 0.05) is 18.7 Å². The van der Waals surface area contributed by atoms with Crippen molar-refractivity contribution in [2.45, 2.75) is 46.4 Å². The van der Waals surface area contributed by atoms with Crippen LogP contribution in [-0.4, -0.2) is 20.2 Å². The van der Waals surface area contributed by atoms with Crippen LogP contribution in [0.5, 0.6) is 5.75 Å². The van der Waals surface area contributed by atoms with E-state index in [1.165, 1.54) is 16.3 Å². The fourth-order valence-electron chi connectivity index (χ4n) is 3.44. The molecule has 3 aromatic carbocycles. The zero-order valence-electron chi connectivity index (χ0n) is 17.5. The summed E-state index contributed by atoms with van der Waals surface area (Å²) in [5.74, 6) is 1.55. The molecule has 4 aromatic rings. The monoisotopic (exact) mass is 401 g/mol. The Hall–Kier alpha value is -3.41. The number of tetrazole rings is 1. The average Bonchev–Trinajstić information content (AvgIpc) is 3.23. The number of fused-ring (bicyclic) bond motifs is 1. The predicted octanol–water partition coefficient (Wildman–Crippen LogP) is 5.13. The van der Waals surface area contributed by atoms with Crippen LogP contribution in [0.25, 0.3) is 10.8 Å². The Bertz CT molecular complexity index is 1100. The summed E-state index contributed by atoms with van der Waals surface area (Å²) in [6.07, 6.45) is 2.14. The van der Waals surface area contributed by atoms with E-state index in [9.17, 15) is 0 Å². The molecule has 6 nitrogen and oxygen atoms in total. The van der Waals surface area contributed by atoms with E-state index in [4.69, 9.17) is 4.74 Å². The lowest BCUT2D eigenvalue weighted by molar-refractivity contribution is 0.304. The van der Waals surface area contributed by atoms with Crippen LogP contribution in [0.4, 0.5) is 5.95 Å². The van der Waals surface area contributed by atoms with Crippen molar-refractivity contribution in [3.05, 3.63) is 77.4 Å². The van der Waals surface area contributed by atoms with E-state index in [0.717, 1.165) is 36.3 Å². The van der Waals surface area contributed by atoms with Gasteiger partial charge in [0.05, 0.1) is 0 Å². The molecule has 4 rings (SSSR count). The standard InChI is InChI=1S/C24H27N5O/c1-3-4-15-29-24(26-27-28-29)25-16-22-21-8-6-5-7-20(21)13-14-23(22)30-17-19-11-9-18(2)10-12-19/h5-14H,3-4,15-17H2,1-2H3,(H,25,26,28). The zero-order valence-corrected chi connectivity index (χ0v) is 17.5. The summed E-state index contributed by atoms with van der Waals surface area (Å²) in [4.78, 5) is 0. The van der Waals surface area contributed by atoms with E-state index in [2.05, 4.69) is 89.3 Å². The van der Waals surface area contributed by atoms with E-state index < -0.39 is 0 Å². The van der Waals surface area contributed by atoms with Crippen LogP contribution in [0.15, 0.2) is 60.7 Å². The third-order valence-electron chi connectivity index (χ3n) is 5.19. The second-order valence-electron chi connectivity index (χ2n) is 7.47. The molecule has 0 aliphatic carbocycles. The van der Waals surface area contributed by atoms with Crippen LogP contribution in [-0.2, 0) is 19.7 Å². The number of hydrogen-bond donors (Lipinski definition) is 1. The van der Waals surface area contributed by atoms with Gasteiger partial charge in [-0.05, 0) is 46.2 Å². The van der Waals surface area contributed by atoms with Gasteiger partial charge in [0.1, 0.15) is 12.4 Å². The van der Waals surface area contributed by atoms with Crippen molar-refractivity contribution in [2.75, 3.05) is 5.32 Å². The van der Waals surface area contributed by atoms with E-state index in [-0.39, 0.29) is 0 Å². The largest absolute Gasteiger partial charge is 0.489 e. The number of aryl methyl sites for hydroxylation is 2. The Balaban J connectivity index is 1.57. The van der Waals surface area contributed by atoms with Crippen LogP contribution in [0, 0.1) is 6.92 Å². The second kappa shape index (κ2) is 9.39. The molecule has 1 heterocycles. The number of hydrogen-bond acceptors (Lipinski definition) is 5. The van der Waals surface area contributed by atoms with Gasteiger partial charge >= 0.3 is 0 Å². The molecule has 1 aromatic heterocycles. The van der Waals surface area contributed by atoms with Gasteiger partial charge in [-0.1, -0.05) is 78.6 Å². The summed E-state index contributed by atoms with van der Waals surface area (Å²) in [5, 5.41) is 17.8. The molecule has 0 spiro atoms. The van der Waals surface area contributed by atoms with Gasteiger partial charge in [-0.2, -0.15) is 0 Å². The molecule has 30 heavy (non-hydrogen) atoms. The second-order valence-corrected chi connectivity index (χ2v) is 7.47. The van der Waals surface area contributed by atoms with Gasteiger partial charge in [0.15, 0.2) is 0 Å². The highest BCUT2D eigenvalue weighted by molar-refractivity contribution is 5.88. The number of rotatable bonds is 9. The Morgan fingerprint density at radius 1 is 1.00 bits per heavy atom. The Morgan fingerprint density at radius 2 is 1.83 bits per heavy atom. The highest BCUT2D eigenvalue weighted by atomic mass is 16.5. The number of benzene rings is 3. The maximum absolute atomic E-state index is 6.24. The highest BCUT2D eigenvalue weighted by Gasteiger charge is 2.12. The van der Waals surface area contributed by atoms with Crippen LogP contribution in [0.2, 0.25) is 0 Å². The molecule has 0 aliphatic rings. The van der Waals surface area contributed by atoms with Crippen molar-refractivity contribution >= 4 is 16.7 Å². The van der Waals surface area contributed by atoms with Crippen molar-refractivity contribution < 1.29 is 4.74 Å². The fourth-order valence-corrected chi connectivity index (χ4v) is 3.44. The average molecular weight is 402 g/mol. The molecule has 0 unspecified atom stereocenters. The van der Waals surface area contributed by atoms with Crippen molar-refractivity contribution in [3.8, 4) is 5.75 Å². The third kappa shape index (κ3) is 4.59. The topological polar surface area (TPSA) is 64.9 Å². The van der Waals surface area contributed by atoms with E-state index in [0.29, 0.717) is 19.1 Å². The molecular formula is C24H27N5O. The van der Waals surface area contributed by atoms with Crippen LogP contribution in [0.1, 0.15) is 36.5 Å². The molecule has 0 saturated carbocycles. The number of ether oxygens (including phenoxy) is 1. The van der Waals surface area contributed by atoms with Gasteiger partial charge in [-0.3, -0.25) is 0 Å². The van der Waals surface area contributed by atoms with Crippen LogP contribution >= 0.6 is 0 Å². The minimum atomic E-state index is 0.528. The molecule has 0 amide bonds. The van der Waals surface area contributed by atoms with Gasteiger partial charge in [0.25, 0.3) is 0 Å². The summed E-state index contributed by atoms with van der Waals surface area (Å²) < 4.78 is 8.06. The summed E-state index contributed by atoms with van der Waals surface area (Å²) >= 11 is 0. The van der Waals surface area contributed by atoms with Gasteiger partial charge in [-0.15, -0.1) is 0 Å². The predicted molar refractivity (Wildman–Crippen MR) is 120 cm³/mol. The minimum Gasteiger partial charge on any atom is -0.489 e. The summed E-state index contributed by atoms with van der Waals surface area (Å²) in [5.41, 5.74) is 3.50. The quantitative estimate of drug-likeness (QED) is 0.421. The molecule has 0 bridgehead atoms. The van der Waals surface area contributed by atoms with Crippen molar-refractivity contribution in [1.82, 2.24) is 20.2 Å². The molecule has 0 atom stereocenters. The number of unbranched alkanes of at least 4 members (excludes halogenated alkanes) is 1. The van der Waals surface area contributed by atoms with Crippen LogP contribution in [0.3, 0.4) is 0 Å². The normalized spacial score (nSPS) is 11.0. The Labute approximate surface area is 176 Å². The molecule has 1 N–H and O–H groups in total. The highest BCUT2D eigenvalue weighted by Crippen LogP contribution is 2.29. The third-order valence-corrected chi connectivity index (χ3v) is 5.19. The van der Waals surface area contributed by atoms with Gasteiger partial charge in [0.2, 0.25) is 5.95 Å². The lowest BCUT2D eigenvalue weighted by atomic mass is 10.0. The maximum Gasteiger partial charge on any atom is 0.243 e. The van der Waals surface area contributed by atoms with Gasteiger partial charge in [-0.25, -0.2) is 4.68 Å². The van der Waals surface area contributed by atoms with Crippen LogP contribution < -0.4 is 10.1 Å². The summed E-state index contributed by atoms with van der Waals surface area (Å²) in [6, 6.07) is 20.9.